The Bertz CT molecular complexity index is 651. The highest BCUT2D eigenvalue weighted by atomic mass is 16.5. The molecule has 0 bridgehead atoms. The quantitative estimate of drug-likeness (QED) is 0.605. The Morgan fingerprint density at radius 2 is 1.54 bits per heavy atom. The summed E-state index contributed by atoms with van der Waals surface area (Å²) >= 11 is 0. The fraction of sp³-hybridized carbons (Fsp3) is 0.316. The van der Waals surface area contributed by atoms with Gasteiger partial charge < -0.3 is 20.5 Å². The number of nitrogens with zero attached hydrogens (tertiary/aromatic N) is 1. The predicted molar refractivity (Wildman–Crippen MR) is 99.0 cm³/mol. The largest absolute Gasteiger partial charge is 0.497 e. The van der Waals surface area contributed by atoms with Crippen LogP contribution in [0.2, 0.25) is 0 Å². The molecule has 0 saturated heterocycles. The second-order valence-corrected chi connectivity index (χ2v) is 5.74. The van der Waals surface area contributed by atoms with Crippen LogP contribution >= 0.6 is 0 Å². The van der Waals surface area contributed by atoms with Crippen LogP contribution in [-0.4, -0.2) is 26.7 Å². The molecule has 2 rings (SSSR count). The second kappa shape index (κ2) is 8.82. The first-order valence-corrected chi connectivity index (χ1v) is 7.94. The monoisotopic (exact) mass is 327 g/mol. The van der Waals surface area contributed by atoms with Crippen LogP contribution in [0.1, 0.15) is 12.5 Å². The SMILES string of the molecule is COc1ccc(CC(C)CN=C(N)Nc2ccc(OC)cc2)cc1. The standard InChI is InChI=1S/C19H25N3O2/c1-14(12-15-4-8-17(23-2)9-5-15)13-21-19(20)22-16-6-10-18(24-3)11-7-16/h4-11,14H,12-13H2,1-3H3,(H3,20,21,22). The number of ether oxygens (including phenoxy) is 2. The lowest BCUT2D eigenvalue weighted by Gasteiger charge is -2.11. The highest BCUT2D eigenvalue weighted by Gasteiger charge is 2.04. The van der Waals surface area contributed by atoms with E-state index < -0.39 is 0 Å². The van der Waals surface area contributed by atoms with E-state index in [1.54, 1.807) is 14.2 Å². The van der Waals surface area contributed by atoms with E-state index in [0.29, 0.717) is 18.4 Å². The smallest absolute Gasteiger partial charge is 0.193 e. The number of hydrogen-bond donors (Lipinski definition) is 2. The molecule has 128 valence electrons. The van der Waals surface area contributed by atoms with Crippen LogP contribution in [0.5, 0.6) is 11.5 Å². The summed E-state index contributed by atoms with van der Waals surface area (Å²) in [5.41, 5.74) is 8.10. The van der Waals surface area contributed by atoms with Crippen LogP contribution in [0.4, 0.5) is 5.69 Å². The lowest BCUT2D eigenvalue weighted by Crippen LogP contribution is -2.23. The fourth-order valence-electron chi connectivity index (χ4n) is 2.34. The summed E-state index contributed by atoms with van der Waals surface area (Å²) in [4.78, 5) is 4.42. The first-order valence-electron chi connectivity index (χ1n) is 7.94. The zero-order valence-corrected chi connectivity index (χ0v) is 14.5. The van der Waals surface area contributed by atoms with Gasteiger partial charge in [-0.05, 0) is 54.3 Å². The third kappa shape index (κ3) is 5.50. The topological polar surface area (TPSA) is 68.9 Å². The second-order valence-electron chi connectivity index (χ2n) is 5.74. The molecule has 0 radical (unpaired) electrons. The van der Waals surface area contributed by atoms with Crippen LogP contribution in [0.25, 0.3) is 0 Å². The van der Waals surface area contributed by atoms with E-state index in [-0.39, 0.29) is 0 Å². The van der Waals surface area contributed by atoms with Gasteiger partial charge in [0.25, 0.3) is 0 Å². The number of methoxy groups -OCH3 is 2. The van der Waals surface area contributed by atoms with Crippen molar-refractivity contribution < 1.29 is 9.47 Å². The molecule has 0 aliphatic carbocycles. The summed E-state index contributed by atoms with van der Waals surface area (Å²) in [7, 11) is 3.31. The molecule has 1 unspecified atom stereocenters. The van der Waals surface area contributed by atoms with Crippen molar-refractivity contribution in [3.8, 4) is 11.5 Å². The molecule has 2 aromatic rings. The Kier molecular flexibility index (Phi) is 6.49. The molecule has 0 aliphatic heterocycles. The van der Waals surface area contributed by atoms with Crippen molar-refractivity contribution in [2.24, 2.45) is 16.6 Å². The number of hydrogen-bond acceptors (Lipinski definition) is 3. The summed E-state index contributed by atoms with van der Waals surface area (Å²) in [5, 5.41) is 3.08. The van der Waals surface area contributed by atoms with Gasteiger partial charge in [-0.25, -0.2) is 0 Å². The van der Waals surface area contributed by atoms with Crippen molar-refractivity contribution in [1.29, 1.82) is 0 Å². The zero-order valence-electron chi connectivity index (χ0n) is 14.5. The highest BCUT2D eigenvalue weighted by Crippen LogP contribution is 2.16. The average molecular weight is 327 g/mol. The summed E-state index contributed by atoms with van der Waals surface area (Å²) in [6.45, 7) is 2.83. The number of rotatable bonds is 7. The molecule has 0 fully saturated rings. The van der Waals surface area contributed by atoms with Gasteiger partial charge in [-0.2, -0.15) is 0 Å². The highest BCUT2D eigenvalue weighted by molar-refractivity contribution is 5.92. The van der Waals surface area contributed by atoms with Crippen molar-refractivity contribution in [2.45, 2.75) is 13.3 Å². The van der Waals surface area contributed by atoms with Crippen LogP contribution in [-0.2, 0) is 6.42 Å². The van der Waals surface area contributed by atoms with Gasteiger partial charge in [0.05, 0.1) is 14.2 Å². The first-order chi connectivity index (χ1) is 11.6. The molecule has 1 atom stereocenters. The molecular weight excluding hydrogens is 302 g/mol. The maximum Gasteiger partial charge on any atom is 0.193 e. The molecule has 2 aromatic carbocycles. The van der Waals surface area contributed by atoms with Gasteiger partial charge in [-0.1, -0.05) is 19.1 Å². The summed E-state index contributed by atoms with van der Waals surface area (Å²) in [5.74, 6) is 2.50. The maximum atomic E-state index is 5.95. The molecule has 0 heterocycles. The predicted octanol–water partition coefficient (Wildman–Crippen LogP) is 3.31. The van der Waals surface area contributed by atoms with E-state index in [1.165, 1.54) is 5.56 Å². The molecule has 24 heavy (non-hydrogen) atoms. The number of guanidine groups is 1. The van der Waals surface area contributed by atoms with E-state index >= 15 is 0 Å². The van der Waals surface area contributed by atoms with Crippen molar-refractivity contribution in [2.75, 3.05) is 26.1 Å². The van der Waals surface area contributed by atoms with Crippen LogP contribution in [0.3, 0.4) is 0 Å². The normalized spacial score (nSPS) is 12.5. The van der Waals surface area contributed by atoms with Gasteiger partial charge in [0, 0.05) is 12.2 Å². The molecule has 5 heteroatoms. The molecule has 3 N–H and O–H groups in total. The van der Waals surface area contributed by atoms with E-state index in [2.05, 4.69) is 29.4 Å². The molecular formula is C19H25N3O2. The number of nitrogens with one attached hydrogen (secondary N) is 1. The van der Waals surface area contributed by atoms with Crippen LogP contribution < -0.4 is 20.5 Å². The minimum Gasteiger partial charge on any atom is -0.497 e. The van der Waals surface area contributed by atoms with Crippen LogP contribution in [0.15, 0.2) is 53.5 Å². The van der Waals surface area contributed by atoms with Crippen molar-refractivity contribution in [3.05, 3.63) is 54.1 Å². The molecule has 5 nitrogen and oxygen atoms in total. The number of nitrogens with two attached hydrogens (primary N) is 1. The van der Waals surface area contributed by atoms with Gasteiger partial charge >= 0.3 is 0 Å². The van der Waals surface area contributed by atoms with E-state index in [0.717, 1.165) is 23.6 Å². The Morgan fingerprint density at radius 3 is 2.08 bits per heavy atom. The minimum absolute atomic E-state index is 0.398. The van der Waals surface area contributed by atoms with Gasteiger partial charge in [0.2, 0.25) is 0 Å². The Morgan fingerprint density at radius 1 is 1.00 bits per heavy atom. The third-order valence-corrected chi connectivity index (χ3v) is 3.68. The van der Waals surface area contributed by atoms with Gasteiger partial charge in [0.15, 0.2) is 5.96 Å². The average Bonchev–Trinajstić information content (AvgIpc) is 2.61. The summed E-state index contributed by atoms with van der Waals surface area (Å²) in [6, 6.07) is 15.7. The number of aliphatic imine (C=N–C) groups is 1. The van der Waals surface area contributed by atoms with E-state index in [4.69, 9.17) is 15.2 Å². The Hall–Kier alpha value is -2.69. The zero-order chi connectivity index (χ0) is 17.4. The van der Waals surface area contributed by atoms with E-state index in [9.17, 15) is 0 Å². The van der Waals surface area contributed by atoms with Crippen molar-refractivity contribution >= 4 is 11.6 Å². The van der Waals surface area contributed by atoms with Crippen molar-refractivity contribution in [1.82, 2.24) is 0 Å². The Labute approximate surface area is 143 Å². The lowest BCUT2D eigenvalue weighted by molar-refractivity contribution is 0.414. The minimum atomic E-state index is 0.398. The fourth-order valence-corrected chi connectivity index (χ4v) is 2.34. The van der Waals surface area contributed by atoms with Gasteiger partial charge in [-0.3, -0.25) is 4.99 Å². The molecule has 0 amide bonds. The molecule has 0 aromatic heterocycles. The maximum absolute atomic E-state index is 5.95. The third-order valence-electron chi connectivity index (χ3n) is 3.68. The molecule has 0 saturated carbocycles. The lowest BCUT2D eigenvalue weighted by atomic mass is 10.0. The molecule has 0 spiro atoms. The summed E-state index contributed by atoms with van der Waals surface area (Å²) < 4.78 is 10.3. The van der Waals surface area contributed by atoms with E-state index in [1.807, 2.05) is 36.4 Å². The summed E-state index contributed by atoms with van der Waals surface area (Å²) in [6.07, 6.45) is 0.948. The van der Waals surface area contributed by atoms with Crippen molar-refractivity contribution in [3.63, 3.8) is 0 Å². The Balaban J connectivity index is 1.83. The number of anilines is 1. The molecule has 0 aliphatic rings. The van der Waals surface area contributed by atoms with Gasteiger partial charge in [-0.15, -0.1) is 0 Å². The van der Waals surface area contributed by atoms with Crippen LogP contribution in [0, 0.1) is 5.92 Å². The number of benzene rings is 2. The first kappa shape index (κ1) is 17.7. The van der Waals surface area contributed by atoms with Gasteiger partial charge in [0.1, 0.15) is 11.5 Å².